The quantitative estimate of drug-likeness (QED) is 0.606. The van der Waals surface area contributed by atoms with E-state index in [9.17, 15) is 0 Å². The lowest BCUT2D eigenvalue weighted by atomic mass is 9.59. The number of hydrogen-bond acceptors (Lipinski definition) is 2. The first-order valence-corrected chi connectivity index (χ1v) is 10.3. The van der Waals surface area contributed by atoms with E-state index in [1.807, 2.05) is 6.20 Å². The van der Waals surface area contributed by atoms with Crippen molar-refractivity contribution in [2.75, 3.05) is 13.1 Å². The van der Waals surface area contributed by atoms with E-state index in [-0.39, 0.29) is 0 Å². The second kappa shape index (κ2) is 7.32. The Morgan fingerprint density at radius 1 is 0.926 bits per heavy atom. The largest absolute Gasteiger partial charge is 0.348 e. The third-order valence-electron chi connectivity index (χ3n) is 6.43. The highest BCUT2D eigenvalue weighted by molar-refractivity contribution is 5.55. The first-order chi connectivity index (χ1) is 13.4. The molecule has 1 atom stereocenters. The minimum Gasteiger partial charge on any atom is -0.348 e. The number of aryl methyl sites for hydroxylation is 1. The highest BCUT2D eigenvalue weighted by Gasteiger charge is 2.42. The lowest BCUT2D eigenvalue weighted by Crippen LogP contribution is -2.37. The summed E-state index contributed by atoms with van der Waals surface area (Å²) < 4.78 is 0. The average molecular weight is 358 g/mol. The number of unbranched alkanes of at least 4 members (excludes halogenated alkanes) is 1. The van der Waals surface area contributed by atoms with Crippen molar-refractivity contribution >= 4 is 0 Å². The van der Waals surface area contributed by atoms with Gasteiger partial charge in [0.2, 0.25) is 0 Å². The summed E-state index contributed by atoms with van der Waals surface area (Å²) in [5, 5.41) is 3.76. The van der Waals surface area contributed by atoms with E-state index in [4.69, 9.17) is 0 Å². The van der Waals surface area contributed by atoms with Gasteiger partial charge in [-0.2, -0.15) is 0 Å². The molecule has 138 valence electrons. The Kier molecular flexibility index (Phi) is 4.54. The van der Waals surface area contributed by atoms with Crippen LogP contribution in [0.3, 0.4) is 0 Å². The Morgan fingerprint density at radius 3 is 2.30 bits per heavy atom. The second-order valence-corrected chi connectivity index (χ2v) is 8.02. The summed E-state index contributed by atoms with van der Waals surface area (Å²) in [5.74, 6) is 1.84. The van der Waals surface area contributed by atoms with E-state index in [2.05, 4.69) is 63.8 Å². The molecule has 2 aromatic carbocycles. The number of H-pyrrole nitrogens is 1. The number of nitrogens with zero attached hydrogens (tertiary/aromatic N) is 1. The van der Waals surface area contributed by atoms with Crippen LogP contribution < -0.4 is 5.32 Å². The molecule has 1 unspecified atom stereocenters. The number of aromatic amines is 1. The maximum atomic E-state index is 4.09. The molecule has 0 spiro atoms. The van der Waals surface area contributed by atoms with Crippen LogP contribution in [0.4, 0.5) is 0 Å². The summed E-state index contributed by atoms with van der Waals surface area (Å²) in [6, 6.07) is 18.2. The Bertz CT molecular complexity index is 852. The Morgan fingerprint density at radius 2 is 1.63 bits per heavy atom. The molecular weight excluding hydrogens is 330 g/mol. The summed E-state index contributed by atoms with van der Waals surface area (Å²) in [4.78, 5) is 7.27. The summed E-state index contributed by atoms with van der Waals surface area (Å²) in [6.45, 7) is 2.22. The molecule has 1 aromatic heterocycles. The van der Waals surface area contributed by atoms with Gasteiger partial charge < -0.3 is 10.3 Å². The first-order valence-electron chi connectivity index (χ1n) is 10.3. The Labute approximate surface area is 161 Å². The van der Waals surface area contributed by atoms with Crippen LogP contribution in [0.15, 0.2) is 61.1 Å². The molecule has 0 amide bonds. The molecule has 6 rings (SSSR count). The van der Waals surface area contributed by atoms with E-state index in [1.165, 1.54) is 25.0 Å². The third-order valence-corrected chi connectivity index (χ3v) is 6.43. The molecule has 3 aromatic rings. The predicted molar refractivity (Wildman–Crippen MR) is 109 cm³/mol. The molecule has 3 nitrogen and oxygen atoms in total. The van der Waals surface area contributed by atoms with Crippen LogP contribution in [0.1, 0.15) is 59.0 Å². The van der Waals surface area contributed by atoms with Gasteiger partial charge >= 0.3 is 0 Å². The molecule has 0 fully saturated rings. The average Bonchev–Trinajstić information content (AvgIpc) is 3.24. The van der Waals surface area contributed by atoms with Gasteiger partial charge in [-0.1, -0.05) is 48.5 Å². The minimum absolute atomic E-state index is 0.555. The van der Waals surface area contributed by atoms with E-state index in [0.717, 1.165) is 19.5 Å². The van der Waals surface area contributed by atoms with Crippen LogP contribution in [0.5, 0.6) is 0 Å². The first kappa shape index (κ1) is 16.8. The number of imidazole rings is 1. The number of rotatable bonds is 7. The monoisotopic (exact) mass is 357 g/mol. The highest BCUT2D eigenvalue weighted by atomic mass is 14.9. The number of fused-ring (bicyclic) bond motifs is 1. The fraction of sp³-hybridized carbons (Fsp3) is 0.375. The van der Waals surface area contributed by atoms with Crippen molar-refractivity contribution in [2.45, 2.75) is 37.5 Å². The third kappa shape index (κ3) is 3.10. The van der Waals surface area contributed by atoms with Gasteiger partial charge in [0, 0.05) is 23.7 Å². The zero-order valence-electron chi connectivity index (χ0n) is 15.7. The van der Waals surface area contributed by atoms with Gasteiger partial charge in [-0.15, -0.1) is 0 Å². The molecule has 0 aliphatic heterocycles. The van der Waals surface area contributed by atoms with E-state index < -0.39 is 0 Å². The predicted octanol–water partition coefficient (Wildman–Crippen LogP) is 4.62. The molecule has 27 heavy (non-hydrogen) atoms. The van der Waals surface area contributed by atoms with Crippen LogP contribution in [0.2, 0.25) is 0 Å². The van der Waals surface area contributed by atoms with Gasteiger partial charge in [0.05, 0.1) is 6.33 Å². The Balaban J connectivity index is 1.23. The van der Waals surface area contributed by atoms with Crippen molar-refractivity contribution in [3.63, 3.8) is 0 Å². The lowest BCUT2D eigenvalue weighted by Gasteiger charge is -2.45. The Hall–Kier alpha value is -2.39. The van der Waals surface area contributed by atoms with Crippen LogP contribution in [0.25, 0.3) is 0 Å². The van der Waals surface area contributed by atoms with Crippen molar-refractivity contribution in [1.82, 2.24) is 15.3 Å². The maximum Gasteiger partial charge on any atom is 0.0921 e. The zero-order chi connectivity index (χ0) is 18.1. The van der Waals surface area contributed by atoms with Crippen molar-refractivity contribution in [2.24, 2.45) is 5.92 Å². The smallest absolute Gasteiger partial charge is 0.0921 e. The normalized spacial score (nSPS) is 22.4. The maximum absolute atomic E-state index is 4.09. The van der Waals surface area contributed by atoms with Crippen molar-refractivity contribution in [1.29, 1.82) is 0 Å². The second-order valence-electron chi connectivity index (χ2n) is 8.02. The fourth-order valence-corrected chi connectivity index (χ4v) is 5.23. The van der Waals surface area contributed by atoms with Gasteiger partial charge in [0.25, 0.3) is 0 Å². The van der Waals surface area contributed by atoms with Crippen LogP contribution in [-0.2, 0) is 6.42 Å². The lowest BCUT2D eigenvalue weighted by molar-refractivity contribution is 0.339. The van der Waals surface area contributed by atoms with E-state index >= 15 is 0 Å². The number of hydrogen-bond donors (Lipinski definition) is 2. The molecule has 3 aliphatic rings. The number of benzene rings is 2. The van der Waals surface area contributed by atoms with E-state index in [1.54, 1.807) is 28.6 Å². The molecular formula is C24H27N3. The molecule has 3 heteroatoms. The summed E-state index contributed by atoms with van der Waals surface area (Å²) in [6.07, 6.45) is 8.49. The SMILES string of the molecule is c1ccc2c(c1)C1CC(CNCCCCc3cnc[nH]3)C2c2ccccc21. The highest BCUT2D eigenvalue weighted by Crippen LogP contribution is 2.55. The molecule has 0 saturated heterocycles. The van der Waals surface area contributed by atoms with E-state index in [0.29, 0.717) is 17.8 Å². The van der Waals surface area contributed by atoms with Crippen LogP contribution >= 0.6 is 0 Å². The molecule has 2 bridgehead atoms. The molecule has 0 radical (unpaired) electrons. The number of nitrogens with one attached hydrogen (secondary N) is 2. The van der Waals surface area contributed by atoms with Crippen LogP contribution in [0, 0.1) is 5.92 Å². The molecule has 1 heterocycles. The fourth-order valence-electron chi connectivity index (χ4n) is 5.23. The van der Waals surface area contributed by atoms with Crippen molar-refractivity contribution in [3.05, 3.63) is 89.0 Å². The van der Waals surface area contributed by atoms with Crippen molar-refractivity contribution in [3.8, 4) is 0 Å². The summed E-state index contributed by atoms with van der Waals surface area (Å²) in [7, 11) is 0. The van der Waals surface area contributed by atoms with Crippen molar-refractivity contribution < 1.29 is 0 Å². The van der Waals surface area contributed by atoms with Gasteiger partial charge in [0.15, 0.2) is 0 Å². The molecule has 2 N–H and O–H groups in total. The molecule has 0 saturated carbocycles. The minimum atomic E-state index is 0.555. The topological polar surface area (TPSA) is 40.7 Å². The standard InChI is InChI=1S/C24H27N3/c1-3-10-21-19(8-1)23-13-17(24(21)22-11-4-2-9-20(22)23)14-25-12-6-5-7-18-15-26-16-27-18/h1-4,8-11,15-17,23-25H,5-7,12-14H2,(H,26,27). The summed E-state index contributed by atoms with van der Waals surface area (Å²) >= 11 is 0. The van der Waals surface area contributed by atoms with Gasteiger partial charge in [-0.3, -0.25) is 0 Å². The summed E-state index contributed by atoms with van der Waals surface area (Å²) in [5.41, 5.74) is 7.51. The van der Waals surface area contributed by atoms with Crippen LogP contribution in [-0.4, -0.2) is 23.1 Å². The van der Waals surface area contributed by atoms with Gasteiger partial charge in [-0.05, 0) is 66.9 Å². The zero-order valence-corrected chi connectivity index (χ0v) is 15.7. The van der Waals surface area contributed by atoms with Gasteiger partial charge in [-0.25, -0.2) is 4.98 Å². The molecule has 3 aliphatic carbocycles. The number of aromatic nitrogens is 2. The van der Waals surface area contributed by atoms with Gasteiger partial charge in [0.1, 0.15) is 0 Å².